The quantitative estimate of drug-likeness (QED) is 0.925. The van der Waals surface area contributed by atoms with Crippen molar-refractivity contribution >= 4 is 22.7 Å². The van der Waals surface area contributed by atoms with Crippen molar-refractivity contribution in [1.29, 1.82) is 0 Å². The minimum Gasteiger partial charge on any atom is -0.353 e. The Morgan fingerprint density at radius 3 is 2.73 bits per heavy atom. The smallest absolute Gasteiger partial charge is 0.253 e. The second kappa shape index (κ2) is 6.38. The van der Waals surface area contributed by atoms with E-state index in [4.69, 9.17) is 0 Å². The lowest BCUT2D eigenvalue weighted by molar-refractivity contribution is -0.124. The molecule has 136 valence electrons. The lowest BCUT2D eigenvalue weighted by Crippen LogP contribution is -2.42. The summed E-state index contributed by atoms with van der Waals surface area (Å²) in [4.78, 5) is 31.0. The average Bonchev–Trinajstić information content (AvgIpc) is 3.32. The second-order valence-electron chi connectivity index (χ2n) is 7.99. The van der Waals surface area contributed by atoms with E-state index >= 15 is 0 Å². The Hall–Kier alpha value is -2.43. The number of pyridine rings is 1. The van der Waals surface area contributed by atoms with Crippen molar-refractivity contribution in [2.75, 3.05) is 13.1 Å². The molecule has 1 atom stereocenters. The summed E-state index contributed by atoms with van der Waals surface area (Å²) in [7, 11) is 0. The van der Waals surface area contributed by atoms with E-state index < -0.39 is 0 Å². The zero-order valence-corrected chi connectivity index (χ0v) is 15.4. The molecule has 5 heteroatoms. The number of likely N-dealkylation sites (tertiary alicyclic amines) is 1. The lowest BCUT2D eigenvalue weighted by Gasteiger charge is -2.33. The van der Waals surface area contributed by atoms with E-state index in [1.165, 1.54) is 0 Å². The molecule has 1 unspecified atom stereocenters. The fourth-order valence-electron chi connectivity index (χ4n) is 3.99. The Morgan fingerprint density at radius 2 is 2.00 bits per heavy atom. The number of fused-ring (bicyclic) bond motifs is 1. The molecule has 0 bridgehead atoms. The Balaban J connectivity index is 1.39. The molecule has 2 aliphatic rings. The van der Waals surface area contributed by atoms with Gasteiger partial charge in [0.2, 0.25) is 5.91 Å². The summed E-state index contributed by atoms with van der Waals surface area (Å²) < 4.78 is 0. The van der Waals surface area contributed by atoms with Gasteiger partial charge >= 0.3 is 0 Å². The van der Waals surface area contributed by atoms with Crippen LogP contribution in [-0.4, -0.2) is 40.8 Å². The van der Waals surface area contributed by atoms with Gasteiger partial charge in [0.25, 0.3) is 5.91 Å². The van der Waals surface area contributed by atoms with Crippen LogP contribution in [0.5, 0.6) is 0 Å². The van der Waals surface area contributed by atoms with E-state index in [-0.39, 0.29) is 23.1 Å². The van der Waals surface area contributed by atoms with Gasteiger partial charge in [-0.05, 0) is 48.9 Å². The van der Waals surface area contributed by atoms with Gasteiger partial charge in [-0.1, -0.05) is 19.9 Å². The molecule has 2 heterocycles. The van der Waals surface area contributed by atoms with Crippen LogP contribution < -0.4 is 5.32 Å². The third kappa shape index (κ3) is 3.06. The summed E-state index contributed by atoms with van der Waals surface area (Å²) >= 11 is 0. The van der Waals surface area contributed by atoms with Crippen molar-refractivity contribution in [1.82, 2.24) is 15.2 Å². The summed E-state index contributed by atoms with van der Waals surface area (Å²) in [5.74, 6) is 0.251. The standard InChI is InChI=1S/C21H25N3O2/c1-14(2)19(25)23-18-13-21(18)7-10-24(11-8-21)20(26)16-5-6-17-15(12-16)4-3-9-22-17/h3-6,9,12,14,18H,7-8,10-11,13H2,1-2H3,(H,23,25). The van der Waals surface area contributed by atoms with E-state index in [1.807, 2.05) is 49.1 Å². The van der Waals surface area contributed by atoms with Gasteiger partial charge in [-0.2, -0.15) is 0 Å². The normalized spacial score (nSPS) is 21.2. The van der Waals surface area contributed by atoms with E-state index in [0.29, 0.717) is 6.04 Å². The summed E-state index contributed by atoms with van der Waals surface area (Å²) in [6, 6.07) is 9.87. The summed E-state index contributed by atoms with van der Waals surface area (Å²) in [5, 5.41) is 4.15. The number of rotatable bonds is 3. The molecular formula is C21H25N3O2. The number of nitrogens with one attached hydrogen (secondary N) is 1. The molecular weight excluding hydrogens is 326 g/mol. The largest absolute Gasteiger partial charge is 0.353 e. The Labute approximate surface area is 153 Å². The maximum Gasteiger partial charge on any atom is 0.253 e. The highest BCUT2D eigenvalue weighted by Crippen LogP contribution is 2.54. The van der Waals surface area contributed by atoms with Gasteiger partial charge in [0.15, 0.2) is 0 Å². The van der Waals surface area contributed by atoms with Crippen molar-refractivity contribution in [3.63, 3.8) is 0 Å². The molecule has 1 saturated carbocycles. The molecule has 2 aromatic rings. The van der Waals surface area contributed by atoms with Gasteiger partial charge in [0.1, 0.15) is 0 Å². The van der Waals surface area contributed by atoms with Gasteiger partial charge < -0.3 is 10.2 Å². The fraction of sp³-hybridized carbons (Fsp3) is 0.476. The first kappa shape index (κ1) is 17.0. The third-order valence-electron chi connectivity index (χ3n) is 5.93. The number of carbonyl (C=O) groups excluding carboxylic acids is 2. The molecule has 1 aromatic carbocycles. The maximum atomic E-state index is 12.9. The van der Waals surface area contributed by atoms with Gasteiger partial charge in [-0.15, -0.1) is 0 Å². The number of aromatic nitrogens is 1. The number of hydrogen-bond acceptors (Lipinski definition) is 3. The molecule has 1 spiro atoms. The lowest BCUT2D eigenvalue weighted by atomic mass is 9.92. The van der Waals surface area contributed by atoms with Gasteiger partial charge in [-0.3, -0.25) is 14.6 Å². The molecule has 2 fully saturated rings. The van der Waals surface area contributed by atoms with Crippen LogP contribution >= 0.6 is 0 Å². The van der Waals surface area contributed by atoms with Gasteiger partial charge in [-0.25, -0.2) is 0 Å². The molecule has 1 saturated heterocycles. The summed E-state index contributed by atoms with van der Waals surface area (Å²) in [6.45, 7) is 5.37. The predicted molar refractivity (Wildman–Crippen MR) is 101 cm³/mol. The van der Waals surface area contributed by atoms with Gasteiger partial charge in [0.05, 0.1) is 5.52 Å². The Bertz CT molecular complexity index is 853. The molecule has 2 amide bonds. The van der Waals surface area contributed by atoms with E-state index in [2.05, 4.69) is 10.3 Å². The second-order valence-corrected chi connectivity index (χ2v) is 7.99. The Kier molecular flexibility index (Phi) is 4.17. The number of nitrogens with zero attached hydrogens (tertiary/aromatic N) is 2. The SMILES string of the molecule is CC(C)C(=O)NC1CC12CCN(C(=O)c1ccc3ncccc3c1)CC2. The van der Waals surface area contributed by atoms with Crippen LogP contribution in [0.2, 0.25) is 0 Å². The number of carbonyl (C=O) groups is 2. The van der Waals surface area contributed by atoms with Crippen LogP contribution in [0.3, 0.4) is 0 Å². The molecule has 1 aliphatic heterocycles. The minimum atomic E-state index is 0.0247. The molecule has 1 N–H and O–H groups in total. The first-order valence-electron chi connectivity index (χ1n) is 9.43. The monoisotopic (exact) mass is 351 g/mol. The molecule has 1 aliphatic carbocycles. The highest BCUT2D eigenvalue weighted by Gasteiger charge is 2.55. The van der Waals surface area contributed by atoms with Crippen LogP contribution in [0, 0.1) is 11.3 Å². The number of amides is 2. The molecule has 4 rings (SSSR count). The number of benzene rings is 1. The van der Waals surface area contributed by atoms with Crippen LogP contribution in [0.15, 0.2) is 36.5 Å². The molecule has 0 radical (unpaired) electrons. The zero-order chi connectivity index (χ0) is 18.3. The minimum absolute atomic E-state index is 0.0247. The topological polar surface area (TPSA) is 62.3 Å². The first-order chi connectivity index (χ1) is 12.5. The van der Waals surface area contributed by atoms with E-state index in [1.54, 1.807) is 6.20 Å². The number of piperidine rings is 1. The highest BCUT2D eigenvalue weighted by molar-refractivity contribution is 5.98. The van der Waals surface area contributed by atoms with Crippen molar-refractivity contribution < 1.29 is 9.59 Å². The van der Waals surface area contributed by atoms with Crippen LogP contribution in [-0.2, 0) is 4.79 Å². The highest BCUT2D eigenvalue weighted by atomic mass is 16.2. The zero-order valence-electron chi connectivity index (χ0n) is 15.4. The average molecular weight is 351 g/mol. The van der Waals surface area contributed by atoms with Crippen molar-refractivity contribution in [2.24, 2.45) is 11.3 Å². The first-order valence-corrected chi connectivity index (χ1v) is 9.43. The molecule has 5 nitrogen and oxygen atoms in total. The van der Waals surface area contributed by atoms with Crippen molar-refractivity contribution in [2.45, 2.75) is 39.2 Å². The number of hydrogen-bond donors (Lipinski definition) is 1. The van der Waals surface area contributed by atoms with Gasteiger partial charge in [0, 0.05) is 42.2 Å². The molecule has 26 heavy (non-hydrogen) atoms. The molecule has 1 aromatic heterocycles. The summed E-state index contributed by atoms with van der Waals surface area (Å²) in [5.41, 5.74) is 1.85. The van der Waals surface area contributed by atoms with E-state index in [0.717, 1.165) is 48.8 Å². The third-order valence-corrected chi connectivity index (χ3v) is 5.93. The summed E-state index contributed by atoms with van der Waals surface area (Å²) in [6.07, 6.45) is 4.75. The van der Waals surface area contributed by atoms with Crippen LogP contribution in [0.1, 0.15) is 43.5 Å². The van der Waals surface area contributed by atoms with Crippen LogP contribution in [0.4, 0.5) is 0 Å². The fourth-order valence-corrected chi connectivity index (χ4v) is 3.99. The Morgan fingerprint density at radius 1 is 1.23 bits per heavy atom. The van der Waals surface area contributed by atoms with Crippen molar-refractivity contribution in [3.05, 3.63) is 42.1 Å². The van der Waals surface area contributed by atoms with Crippen molar-refractivity contribution in [3.8, 4) is 0 Å². The van der Waals surface area contributed by atoms with Crippen LogP contribution in [0.25, 0.3) is 10.9 Å². The predicted octanol–water partition coefficient (Wildman–Crippen LogP) is 3.00. The van der Waals surface area contributed by atoms with E-state index in [9.17, 15) is 9.59 Å². The maximum absolute atomic E-state index is 12.9.